The third kappa shape index (κ3) is 4.28. The van der Waals surface area contributed by atoms with E-state index in [1.807, 2.05) is 41.3 Å². The molecule has 0 spiro atoms. The average molecular weight is 363 g/mol. The number of fused-ring (bicyclic) bond motifs is 1. The van der Waals surface area contributed by atoms with Gasteiger partial charge in [-0.05, 0) is 35.4 Å². The minimum atomic E-state index is 0.131. The molecule has 0 aromatic heterocycles. The van der Waals surface area contributed by atoms with Crippen molar-refractivity contribution in [2.45, 2.75) is 38.8 Å². The van der Waals surface area contributed by atoms with Gasteiger partial charge in [0.1, 0.15) is 0 Å². The fourth-order valence-electron chi connectivity index (χ4n) is 3.89. The number of hydrogen-bond acceptors (Lipinski definition) is 3. The minimum absolute atomic E-state index is 0.131. The number of ketones is 1. The Balaban J connectivity index is 1.30. The predicted octanol–water partition coefficient (Wildman–Crippen LogP) is 3.77. The van der Waals surface area contributed by atoms with E-state index >= 15 is 0 Å². The van der Waals surface area contributed by atoms with Gasteiger partial charge in [0.25, 0.3) is 0 Å². The molecule has 2 aromatic carbocycles. The van der Waals surface area contributed by atoms with Crippen molar-refractivity contribution < 1.29 is 14.3 Å². The standard InChI is InChI=1S/C23H25NO3/c25-22(10-7-18-11-12-27-16-18)19-8-5-17(6-9-19)13-23(26)24-14-20-3-1-2-4-21(20)15-24/h1-6,8-9,18H,7,10-16H2/t18-/m1/s1. The first-order valence-corrected chi connectivity index (χ1v) is 9.73. The normalized spacial score (nSPS) is 18.5. The zero-order valence-corrected chi connectivity index (χ0v) is 15.5. The Morgan fingerprint density at radius 1 is 1.00 bits per heavy atom. The van der Waals surface area contributed by atoms with Gasteiger partial charge in [0.15, 0.2) is 5.78 Å². The second-order valence-corrected chi connectivity index (χ2v) is 7.58. The number of nitrogens with zero attached hydrogens (tertiary/aromatic N) is 1. The van der Waals surface area contributed by atoms with Crippen LogP contribution in [0.2, 0.25) is 0 Å². The number of amides is 1. The van der Waals surface area contributed by atoms with Crippen LogP contribution in [0.15, 0.2) is 48.5 Å². The summed E-state index contributed by atoms with van der Waals surface area (Å²) in [7, 11) is 0. The van der Waals surface area contributed by atoms with E-state index in [1.54, 1.807) is 0 Å². The highest BCUT2D eigenvalue weighted by atomic mass is 16.5. The van der Waals surface area contributed by atoms with E-state index in [4.69, 9.17) is 4.74 Å². The van der Waals surface area contributed by atoms with Gasteiger partial charge in [0.05, 0.1) is 6.42 Å². The molecule has 2 heterocycles. The second kappa shape index (κ2) is 8.05. The van der Waals surface area contributed by atoms with Gasteiger partial charge >= 0.3 is 0 Å². The molecular formula is C23H25NO3. The number of Topliss-reactive ketones (excluding diaryl/α,β-unsaturated/α-hetero) is 1. The maximum absolute atomic E-state index is 12.6. The highest BCUT2D eigenvalue weighted by Gasteiger charge is 2.23. The molecule has 2 aliphatic rings. The molecule has 2 aliphatic heterocycles. The number of carbonyl (C=O) groups excluding carboxylic acids is 2. The number of hydrogen-bond donors (Lipinski definition) is 0. The zero-order valence-electron chi connectivity index (χ0n) is 15.5. The molecule has 0 unspecified atom stereocenters. The molecule has 140 valence electrons. The highest BCUT2D eigenvalue weighted by Crippen LogP contribution is 2.23. The molecule has 0 radical (unpaired) electrons. The Morgan fingerprint density at radius 3 is 2.33 bits per heavy atom. The van der Waals surface area contributed by atoms with Crippen molar-refractivity contribution in [2.75, 3.05) is 13.2 Å². The number of carbonyl (C=O) groups is 2. The van der Waals surface area contributed by atoms with E-state index in [0.29, 0.717) is 31.8 Å². The number of benzene rings is 2. The van der Waals surface area contributed by atoms with Crippen molar-refractivity contribution in [1.29, 1.82) is 0 Å². The van der Waals surface area contributed by atoms with E-state index in [0.717, 1.165) is 37.2 Å². The molecule has 4 nitrogen and oxygen atoms in total. The number of ether oxygens (including phenoxy) is 1. The summed E-state index contributed by atoms with van der Waals surface area (Å²) >= 11 is 0. The summed E-state index contributed by atoms with van der Waals surface area (Å²) in [6.07, 6.45) is 2.91. The van der Waals surface area contributed by atoms with Gasteiger partial charge in [-0.3, -0.25) is 9.59 Å². The lowest BCUT2D eigenvalue weighted by molar-refractivity contribution is -0.131. The first-order chi connectivity index (χ1) is 13.2. The number of rotatable bonds is 6. The minimum Gasteiger partial charge on any atom is -0.381 e. The smallest absolute Gasteiger partial charge is 0.227 e. The van der Waals surface area contributed by atoms with E-state index < -0.39 is 0 Å². The summed E-state index contributed by atoms with van der Waals surface area (Å²) in [5, 5.41) is 0. The molecule has 0 bridgehead atoms. The van der Waals surface area contributed by atoms with Crippen LogP contribution >= 0.6 is 0 Å². The summed E-state index contributed by atoms with van der Waals surface area (Å²) in [4.78, 5) is 26.8. The van der Waals surface area contributed by atoms with Crippen LogP contribution < -0.4 is 0 Å². The Bertz CT molecular complexity index is 797. The summed E-state index contributed by atoms with van der Waals surface area (Å²) in [6.45, 7) is 2.99. The first-order valence-electron chi connectivity index (χ1n) is 9.73. The lowest BCUT2D eigenvalue weighted by atomic mass is 9.97. The topological polar surface area (TPSA) is 46.6 Å². The second-order valence-electron chi connectivity index (χ2n) is 7.58. The van der Waals surface area contributed by atoms with Crippen LogP contribution in [0.4, 0.5) is 0 Å². The molecular weight excluding hydrogens is 338 g/mol. The fraction of sp³-hybridized carbons (Fsp3) is 0.391. The zero-order chi connectivity index (χ0) is 18.6. The molecule has 1 fully saturated rings. The van der Waals surface area contributed by atoms with E-state index in [1.165, 1.54) is 11.1 Å². The van der Waals surface area contributed by atoms with Gasteiger partial charge in [-0.1, -0.05) is 48.5 Å². The summed E-state index contributed by atoms with van der Waals surface area (Å²) in [5.41, 5.74) is 4.16. The molecule has 2 aromatic rings. The first kappa shape index (κ1) is 17.9. The highest BCUT2D eigenvalue weighted by molar-refractivity contribution is 5.96. The maximum Gasteiger partial charge on any atom is 0.227 e. The SMILES string of the molecule is O=C(CC[C@@H]1CCOC1)c1ccc(CC(=O)N2Cc3ccccc3C2)cc1. The lowest BCUT2D eigenvalue weighted by Crippen LogP contribution is -2.26. The predicted molar refractivity (Wildman–Crippen MR) is 103 cm³/mol. The van der Waals surface area contributed by atoms with Crippen molar-refractivity contribution in [1.82, 2.24) is 4.90 Å². The van der Waals surface area contributed by atoms with Gasteiger partial charge in [0, 0.05) is 38.3 Å². The third-order valence-electron chi connectivity index (χ3n) is 5.63. The van der Waals surface area contributed by atoms with Crippen molar-refractivity contribution in [3.05, 3.63) is 70.8 Å². The van der Waals surface area contributed by atoms with Crippen molar-refractivity contribution >= 4 is 11.7 Å². The van der Waals surface area contributed by atoms with Gasteiger partial charge in [-0.25, -0.2) is 0 Å². The quantitative estimate of drug-likeness (QED) is 0.734. The van der Waals surface area contributed by atoms with Crippen LogP contribution in [0.5, 0.6) is 0 Å². The fourth-order valence-corrected chi connectivity index (χ4v) is 3.89. The summed E-state index contributed by atoms with van der Waals surface area (Å²) in [5.74, 6) is 0.830. The largest absolute Gasteiger partial charge is 0.381 e. The van der Waals surface area contributed by atoms with Gasteiger partial charge in [-0.2, -0.15) is 0 Å². The molecule has 4 rings (SSSR count). The third-order valence-corrected chi connectivity index (χ3v) is 5.63. The van der Waals surface area contributed by atoms with E-state index in [2.05, 4.69) is 12.1 Å². The van der Waals surface area contributed by atoms with Crippen LogP contribution in [0.25, 0.3) is 0 Å². The van der Waals surface area contributed by atoms with E-state index in [9.17, 15) is 9.59 Å². The van der Waals surface area contributed by atoms with Crippen molar-refractivity contribution in [3.8, 4) is 0 Å². The Hall–Kier alpha value is -2.46. The molecule has 27 heavy (non-hydrogen) atoms. The molecule has 4 heteroatoms. The van der Waals surface area contributed by atoms with Crippen molar-refractivity contribution in [3.63, 3.8) is 0 Å². The van der Waals surface area contributed by atoms with Crippen LogP contribution in [0, 0.1) is 5.92 Å². The summed E-state index contributed by atoms with van der Waals surface area (Å²) in [6, 6.07) is 15.7. The van der Waals surface area contributed by atoms with Crippen LogP contribution in [-0.4, -0.2) is 29.8 Å². The molecule has 1 atom stereocenters. The Labute approximate surface area is 160 Å². The van der Waals surface area contributed by atoms with Crippen LogP contribution in [0.3, 0.4) is 0 Å². The average Bonchev–Trinajstić information content (AvgIpc) is 3.36. The molecule has 1 amide bonds. The van der Waals surface area contributed by atoms with Gasteiger partial charge in [0.2, 0.25) is 5.91 Å². The van der Waals surface area contributed by atoms with Gasteiger partial charge < -0.3 is 9.64 Å². The van der Waals surface area contributed by atoms with Crippen LogP contribution in [-0.2, 0) is 29.0 Å². The van der Waals surface area contributed by atoms with E-state index in [-0.39, 0.29) is 11.7 Å². The van der Waals surface area contributed by atoms with Crippen LogP contribution in [0.1, 0.15) is 46.3 Å². The molecule has 0 saturated carbocycles. The molecule has 0 N–H and O–H groups in total. The molecule has 0 aliphatic carbocycles. The Kier molecular flexibility index (Phi) is 5.35. The summed E-state index contributed by atoms with van der Waals surface area (Å²) < 4.78 is 5.36. The molecule has 1 saturated heterocycles. The van der Waals surface area contributed by atoms with Crippen molar-refractivity contribution in [2.24, 2.45) is 5.92 Å². The van der Waals surface area contributed by atoms with Gasteiger partial charge in [-0.15, -0.1) is 0 Å². The maximum atomic E-state index is 12.6. The monoisotopic (exact) mass is 363 g/mol. The lowest BCUT2D eigenvalue weighted by Gasteiger charge is -2.15. The Morgan fingerprint density at radius 2 is 1.70 bits per heavy atom.